The van der Waals surface area contributed by atoms with Gasteiger partial charge in [-0.25, -0.2) is 0 Å². The van der Waals surface area contributed by atoms with Crippen molar-refractivity contribution in [2.45, 2.75) is 25.7 Å². The Hall–Kier alpha value is -1.19. The molecule has 2 atom stereocenters. The summed E-state index contributed by atoms with van der Waals surface area (Å²) >= 11 is 0. The largest absolute Gasteiger partial charge is 0.350 e. The molecule has 1 aliphatic heterocycles. The zero-order chi connectivity index (χ0) is 11.6. The van der Waals surface area contributed by atoms with E-state index in [0.29, 0.717) is 6.61 Å². The average Bonchev–Trinajstić information content (AvgIpc) is 2.29. The number of hydrogen-bond acceptors (Lipinski definition) is 3. The Bertz CT molecular complexity index is 361. The summed E-state index contributed by atoms with van der Waals surface area (Å²) in [6, 6.07) is 5.84. The highest BCUT2D eigenvalue weighted by molar-refractivity contribution is 5.11. The van der Waals surface area contributed by atoms with E-state index in [4.69, 9.17) is 9.47 Å². The predicted molar refractivity (Wildman–Crippen MR) is 61.8 cm³/mol. The first-order chi connectivity index (χ1) is 7.62. The van der Waals surface area contributed by atoms with E-state index >= 15 is 0 Å². The highest BCUT2D eigenvalue weighted by Crippen LogP contribution is 2.36. The summed E-state index contributed by atoms with van der Waals surface area (Å²) in [6.45, 7) is 8.28. The Balaban J connectivity index is 2.25. The van der Waals surface area contributed by atoms with Crippen LogP contribution >= 0.6 is 0 Å². The Kier molecular flexibility index (Phi) is 3.08. The van der Waals surface area contributed by atoms with Crippen molar-refractivity contribution in [1.29, 1.82) is 0 Å². The summed E-state index contributed by atoms with van der Waals surface area (Å²) in [4.78, 5) is 4.34. The third kappa shape index (κ3) is 2.31. The van der Waals surface area contributed by atoms with Gasteiger partial charge >= 0.3 is 0 Å². The van der Waals surface area contributed by atoms with Gasteiger partial charge in [-0.3, -0.25) is 4.98 Å². The molecule has 86 valence electrons. The molecule has 0 amide bonds. The number of ether oxygens (including phenoxy) is 2. The lowest BCUT2D eigenvalue weighted by atomic mass is 9.98. The van der Waals surface area contributed by atoms with E-state index in [-0.39, 0.29) is 12.0 Å². The van der Waals surface area contributed by atoms with Crippen LogP contribution in [0.4, 0.5) is 0 Å². The summed E-state index contributed by atoms with van der Waals surface area (Å²) < 4.78 is 11.5. The van der Waals surface area contributed by atoms with Gasteiger partial charge in [0.15, 0.2) is 5.79 Å². The van der Waals surface area contributed by atoms with Crippen LogP contribution in [0.2, 0.25) is 0 Å². The molecular formula is C13H17NO2. The Labute approximate surface area is 96.1 Å². The monoisotopic (exact) mass is 219 g/mol. The third-order valence-electron chi connectivity index (χ3n) is 2.71. The fourth-order valence-corrected chi connectivity index (χ4v) is 1.83. The lowest BCUT2D eigenvalue weighted by molar-refractivity contribution is -0.290. The van der Waals surface area contributed by atoms with Crippen molar-refractivity contribution >= 4 is 0 Å². The zero-order valence-corrected chi connectivity index (χ0v) is 9.72. The van der Waals surface area contributed by atoms with E-state index < -0.39 is 5.79 Å². The molecular weight excluding hydrogens is 202 g/mol. The van der Waals surface area contributed by atoms with Crippen LogP contribution in [0.15, 0.2) is 37.1 Å². The molecule has 3 nitrogen and oxygen atoms in total. The predicted octanol–water partition coefficient (Wildman–Crippen LogP) is 2.71. The number of pyridine rings is 1. The molecule has 2 heterocycles. The minimum absolute atomic E-state index is 0.0672. The summed E-state index contributed by atoms with van der Waals surface area (Å²) in [7, 11) is 0. The Morgan fingerprint density at radius 1 is 1.50 bits per heavy atom. The minimum atomic E-state index is -0.554. The Morgan fingerprint density at radius 2 is 2.31 bits per heavy atom. The molecule has 0 N–H and O–H groups in total. The van der Waals surface area contributed by atoms with Crippen LogP contribution < -0.4 is 0 Å². The van der Waals surface area contributed by atoms with Gasteiger partial charge < -0.3 is 9.47 Å². The normalized spacial score (nSPS) is 28.6. The van der Waals surface area contributed by atoms with Gasteiger partial charge in [0.25, 0.3) is 0 Å². The second-order valence-electron chi connectivity index (χ2n) is 4.40. The summed E-state index contributed by atoms with van der Waals surface area (Å²) in [5.74, 6) is -0.398. The van der Waals surface area contributed by atoms with Crippen molar-refractivity contribution in [3.05, 3.63) is 42.7 Å². The highest BCUT2D eigenvalue weighted by Gasteiger charge is 2.36. The number of aromatic nitrogens is 1. The maximum atomic E-state index is 5.91. The van der Waals surface area contributed by atoms with Crippen molar-refractivity contribution in [2.75, 3.05) is 6.61 Å². The fourth-order valence-electron chi connectivity index (χ4n) is 1.83. The summed E-state index contributed by atoms with van der Waals surface area (Å²) in [6.07, 6.45) is 3.58. The van der Waals surface area contributed by atoms with Gasteiger partial charge in [0.1, 0.15) is 6.10 Å². The van der Waals surface area contributed by atoms with Crippen LogP contribution in [0.25, 0.3) is 0 Å². The van der Waals surface area contributed by atoms with Crippen LogP contribution in [-0.2, 0) is 9.47 Å². The maximum Gasteiger partial charge on any atom is 0.163 e. The number of nitrogens with zero attached hydrogens (tertiary/aromatic N) is 1. The summed E-state index contributed by atoms with van der Waals surface area (Å²) in [5, 5.41) is 0. The summed E-state index contributed by atoms with van der Waals surface area (Å²) in [5.41, 5.74) is 0.934. The molecule has 16 heavy (non-hydrogen) atoms. The van der Waals surface area contributed by atoms with Crippen molar-refractivity contribution in [3.63, 3.8) is 0 Å². The zero-order valence-electron chi connectivity index (χ0n) is 9.72. The molecule has 3 heteroatoms. The second kappa shape index (κ2) is 4.36. The molecule has 0 aromatic carbocycles. The molecule has 1 aliphatic rings. The average molecular weight is 219 g/mol. The van der Waals surface area contributed by atoms with Crippen molar-refractivity contribution in [3.8, 4) is 0 Å². The third-order valence-corrected chi connectivity index (χ3v) is 2.71. The molecule has 0 spiro atoms. The van der Waals surface area contributed by atoms with Gasteiger partial charge in [-0.1, -0.05) is 12.1 Å². The SMILES string of the molecule is C=C[C@@H]1COC(C)(C)O[C@@H]1c1ccccn1. The fraction of sp³-hybridized carbons (Fsp3) is 0.462. The van der Waals surface area contributed by atoms with Gasteiger partial charge in [-0.2, -0.15) is 0 Å². The Morgan fingerprint density at radius 3 is 2.94 bits per heavy atom. The van der Waals surface area contributed by atoms with E-state index in [1.807, 2.05) is 38.1 Å². The molecule has 0 radical (unpaired) electrons. The molecule has 1 fully saturated rings. The van der Waals surface area contributed by atoms with Crippen LogP contribution in [-0.4, -0.2) is 17.4 Å². The highest BCUT2D eigenvalue weighted by atomic mass is 16.7. The van der Waals surface area contributed by atoms with E-state index in [1.54, 1.807) is 6.20 Å². The molecule has 1 aromatic rings. The molecule has 0 saturated carbocycles. The topological polar surface area (TPSA) is 31.4 Å². The van der Waals surface area contributed by atoms with E-state index in [0.717, 1.165) is 5.69 Å². The molecule has 0 aliphatic carbocycles. The smallest absolute Gasteiger partial charge is 0.163 e. The number of hydrogen-bond donors (Lipinski definition) is 0. The van der Waals surface area contributed by atoms with Crippen LogP contribution in [0, 0.1) is 5.92 Å². The van der Waals surface area contributed by atoms with Crippen LogP contribution in [0.3, 0.4) is 0 Å². The van der Waals surface area contributed by atoms with Crippen molar-refractivity contribution in [2.24, 2.45) is 5.92 Å². The van der Waals surface area contributed by atoms with Crippen LogP contribution in [0.1, 0.15) is 25.6 Å². The van der Waals surface area contributed by atoms with Gasteiger partial charge in [0.2, 0.25) is 0 Å². The minimum Gasteiger partial charge on any atom is -0.350 e. The maximum absolute atomic E-state index is 5.91. The van der Waals surface area contributed by atoms with Crippen molar-refractivity contribution < 1.29 is 9.47 Å². The van der Waals surface area contributed by atoms with E-state index in [9.17, 15) is 0 Å². The van der Waals surface area contributed by atoms with Gasteiger partial charge in [0.05, 0.1) is 12.3 Å². The van der Waals surface area contributed by atoms with E-state index in [1.165, 1.54) is 0 Å². The molecule has 0 bridgehead atoms. The molecule has 2 rings (SSSR count). The lowest BCUT2D eigenvalue weighted by Gasteiger charge is -2.39. The number of rotatable bonds is 2. The van der Waals surface area contributed by atoms with Gasteiger partial charge in [-0.05, 0) is 26.0 Å². The lowest BCUT2D eigenvalue weighted by Crippen LogP contribution is -2.40. The van der Waals surface area contributed by atoms with E-state index in [2.05, 4.69) is 11.6 Å². The van der Waals surface area contributed by atoms with Crippen LogP contribution in [0.5, 0.6) is 0 Å². The molecule has 1 saturated heterocycles. The van der Waals surface area contributed by atoms with Gasteiger partial charge in [0, 0.05) is 12.1 Å². The second-order valence-corrected chi connectivity index (χ2v) is 4.40. The van der Waals surface area contributed by atoms with Gasteiger partial charge in [-0.15, -0.1) is 6.58 Å². The first kappa shape index (κ1) is 11.3. The first-order valence-corrected chi connectivity index (χ1v) is 5.47. The quantitative estimate of drug-likeness (QED) is 0.717. The van der Waals surface area contributed by atoms with Crippen molar-refractivity contribution in [1.82, 2.24) is 4.98 Å². The first-order valence-electron chi connectivity index (χ1n) is 5.47. The molecule has 1 aromatic heterocycles. The molecule has 0 unspecified atom stereocenters. The standard InChI is InChI=1S/C13H17NO2/c1-4-10-9-15-13(2,3)16-12(10)11-7-5-6-8-14-11/h4-8,10,12H,1,9H2,2-3H3/t10-,12+/m1/s1.